The Morgan fingerprint density at radius 1 is 1.24 bits per heavy atom. The molecule has 4 rings (SSSR count). The standard InChI is InChI=1S/C14H14N4O2S/c19-11-3-1-2-10(8-11)12-9-18-13(15-12)21-14(16-18)17-4-6-20-7-5-17/h1-3,8-9,19H,4-7H2. The predicted molar refractivity (Wildman–Crippen MR) is 81.0 cm³/mol. The average molecular weight is 302 g/mol. The first-order chi connectivity index (χ1) is 10.3. The van der Waals surface area contributed by atoms with Gasteiger partial charge in [-0.05, 0) is 12.1 Å². The molecule has 3 heterocycles. The third-order valence-electron chi connectivity index (χ3n) is 3.46. The van der Waals surface area contributed by atoms with E-state index >= 15 is 0 Å². The van der Waals surface area contributed by atoms with Gasteiger partial charge in [-0.2, -0.15) is 0 Å². The van der Waals surface area contributed by atoms with Crippen molar-refractivity contribution < 1.29 is 9.84 Å². The summed E-state index contributed by atoms with van der Waals surface area (Å²) in [5.41, 5.74) is 1.71. The van der Waals surface area contributed by atoms with Gasteiger partial charge in [-0.1, -0.05) is 23.5 Å². The van der Waals surface area contributed by atoms with E-state index in [-0.39, 0.29) is 5.75 Å². The van der Waals surface area contributed by atoms with Gasteiger partial charge in [-0.25, -0.2) is 9.50 Å². The number of phenolic OH excluding ortho intramolecular Hbond substituents is 1. The molecule has 6 nitrogen and oxygen atoms in total. The SMILES string of the molecule is Oc1cccc(-c2cn3nc(N4CCOCC4)sc3n2)c1. The largest absolute Gasteiger partial charge is 0.508 e. The molecule has 1 fully saturated rings. The van der Waals surface area contributed by atoms with Gasteiger partial charge in [-0.3, -0.25) is 0 Å². The number of rotatable bonds is 2. The topological polar surface area (TPSA) is 62.9 Å². The molecule has 0 saturated carbocycles. The Morgan fingerprint density at radius 2 is 2.10 bits per heavy atom. The molecule has 1 saturated heterocycles. The average Bonchev–Trinajstić information content (AvgIpc) is 3.07. The number of hydrogen-bond acceptors (Lipinski definition) is 6. The number of ether oxygens (including phenoxy) is 1. The highest BCUT2D eigenvalue weighted by atomic mass is 32.1. The van der Waals surface area contributed by atoms with Crippen molar-refractivity contribution in [1.82, 2.24) is 14.6 Å². The zero-order chi connectivity index (χ0) is 14.2. The summed E-state index contributed by atoms with van der Waals surface area (Å²) in [6.07, 6.45) is 1.89. The molecule has 0 amide bonds. The molecule has 3 aromatic rings. The van der Waals surface area contributed by atoms with Crippen molar-refractivity contribution in [2.45, 2.75) is 0 Å². The summed E-state index contributed by atoms with van der Waals surface area (Å²) in [6, 6.07) is 7.09. The van der Waals surface area contributed by atoms with Crippen LogP contribution in [0.3, 0.4) is 0 Å². The van der Waals surface area contributed by atoms with Crippen molar-refractivity contribution in [2.24, 2.45) is 0 Å². The van der Waals surface area contributed by atoms with Crippen LogP contribution in [0, 0.1) is 0 Å². The van der Waals surface area contributed by atoms with Gasteiger partial charge in [-0.15, -0.1) is 5.10 Å². The summed E-state index contributed by atoms with van der Waals surface area (Å²) in [4.78, 5) is 7.66. The molecule has 0 radical (unpaired) electrons. The Morgan fingerprint density at radius 3 is 2.86 bits per heavy atom. The van der Waals surface area contributed by atoms with Crippen molar-refractivity contribution in [2.75, 3.05) is 31.2 Å². The number of phenols is 1. The molecule has 0 unspecified atom stereocenters. The van der Waals surface area contributed by atoms with Crippen molar-refractivity contribution in [3.63, 3.8) is 0 Å². The minimum absolute atomic E-state index is 0.241. The second kappa shape index (κ2) is 5.01. The van der Waals surface area contributed by atoms with E-state index in [1.54, 1.807) is 28.0 Å². The second-order valence-corrected chi connectivity index (χ2v) is 5.82. The normalized spacial score (nSPS) is 15.7. The highest BCUT2D eigenvalue weighted by Crippen LogP contribution is 2.28. The van der Waals surface area contributed by atoms with Crippen LogP contribution in [0.5, 0.6) is 5.75 Å². The van der Waals surface area contributed by atoms with E-state index in [1.165, 1.54) is 0 Å². The minimum atomic E-state index is 0.241. The van der Waals surface area contributed by atoms with Gasteiger partial charge in [0.05, 0.1) is 25.1 Å². The fourth-order valence-electron chi connectivity index (χ4n) is 2.38. The quantitative estimate of drug-likeness (QED) is 0.784. The van der Waals surface area contributed by atoms with Crippen LogP contribution in [0.25, 0.3) is 16.2 Å². The van der Waals surface area contributed by atoms with Gasteiger partial charge >= 0.3 is 0 Å². The Kier molecular flexibility index (Phi) is 3.01. The third kappa shape index (κ3) is 2.34. The fraction of sp³-hybridized carbons (Fsp3) is 0.286. The van der Waals surface area contributed by atoms with E-state index < -0.39 is 0 Å². The zero-order valence-corrected chi connectivity index (χ0v) is 12.1. The Hall–Kier alpha value is -2.12. The van der Waals surface area contributed by atoms with Crippen LogP contribution < -0.4 is 4.90 Å². The highest BCUT2D eigenvalue weighted by molar-refractivity contribution is 7.20. The maximum atomic E-state index is 9.55. The summed E-state index contributed by atoms with van der Waals surface area (Å²) in [6.45, 7) is 3.24. The zero-order valence-electron chi connectivity index (χ0n) is 11.3. The lowest BCUT2D eigenvalue weighted by molar-refractivity contribution is 0.122. The summed E-state index contributed by atoms with van der Waals surface area (Å²) < 4.78 is 7.15. The molecule has 7 heteroatoms. The maximum absolute atomic E-state index is 9.55. The Bertz CT molecular complexity index is 745. The molecule has 1 aromatic carbocycles. The molecular weight excluding hydrogens is 288 g/mol. The number of nitrogens with zero attached hydrogens (tertiary/aromatic N) is 4. The molecular formula is C14H14N4O2S. The smallest absolute Gasteiger partial charge is 0.214 e. The van der Waals surface area contributed by atoms with Crippen LogP contribution in [0.4, 0.5) is 5.13 Å². The van der Waals surface area contributed by atoms with E-state index in [0.29, 0.717) is 0 Å². The number of imidazole rings is 1. The first-order valence-corrected chi connectivity index (χ1v) is 7.59. The summed E-state index contributed by atoms with van der Waals surface area (Å²) in [5, 5.41) is 15.1. The van der Waals surface area contributed by atoms with E-state index in [4.69, 9.17) is 4.74 Å². The van der Waals surface area contributed by atoms with Gasteiger partial charge in [0.25, 0.3) is 0 Å². The molecule has 0 spiro atoms. The molecule has 0 atom stereocenters. The van der Waals surface area contributed by atoms with E-state index in [0.717, 1.165) is 47.7 Å². The molecule has 1 N–H and O–H groups in total. The van der Waals surface area contributed by atoms with Crippen molar-refractivity contribution in [3.05, 3.63) is 30.5 Å². The number of morpholine rings is 1. The van der Waals surface area contributed by atoms with Gasteiger partial charge in [0, 0.05) is 18.7 Å². The van der Waals surface area contributed by atoms with Crippen molar-refractivity contribution in [1.29, 1.82) is 0 Å². The molecule has 1 aliphatic rings. The highest BCUT2D eigenvalue weighted by Gasteiger charge is 2.17. The lowest BCUT2D eigenvalue weighted by Crippen LogP contribution is -2.36. The number of benzene rings is 1. The second-order valence-electron chi connectivity index (χ2n) is 4.89. The van der Waals surface area contributed by atoms with Crippen LogP contribution >= 0.6 is 11.3 Å². The van der Waals surface area contributed by atoms with Crippen molar-refractivity contribution >= 4 is 21.4 Å². The van der Waals surface area contributed by atoms with E-state index in [2.05, 4.69) is 15.0 Å². The van der Waals surface area contributed by atoms with Crippen LogP contribution in [0.15, 0.2) is 30.5 Å². The Balaban J connectivity index is 1.67. The van der Waals surface area contributed by atoms with Crippen LogP contribution in [-0.2, 0) is 4.74 Å². The number of aromatic nitrogens is 3. The van der Waals surface area contributed by atoms with E-state index in [1.807, 2.05) is 18.3 Å². The number of anilines is 1. The van der Waals surface area contributed by atoms with Gasteiger partial charge < -0.3 is 14.7 Å². The minimum Gasteiger partial charge on any atom is -0.508 e. The predicted octanol–water partition coefficient (Wildman–Crippen LogP) is 2.00. The maximum Gasteiger partial charge on any atom is 0.214 e. The molecule has 21 heavy (non-hydrogen) atoms. The fourth-order valence-corrected chi connectivity index (χ4v) is 3.31. The monoisotopic (exact) mass is 302 g/mol. The van der Waals surface area contributed by atoms with Crippen LogP contribution in [0.2, 0.25) is 0 Å². The first kappa shape index (κ1) is 12.6. The van der Waals surface area contributed by atoms with Gasteiger partial charge in [0.15, 0.2) is 0 Å². The molecule has 108 valence electrons. The van der Waals surface area contributed by atoms with Gasteiger partial charge in [0.2, 0.25) is 10.1 Å². The summed E-state index contributed by atoms with van der Waals surface area (Å²) in [7, 11) is 0. The number of aromatic hydroxyl groups is 1. The summed E-state index contributed by atoms with van der Waals surface area (Å²) >= 11 is 1.57. The van der Waals surface area contributed by atoms with E-state index in [9.17, 15) is 5.11 Å². The number of hydrogen-bond donors (Lipinski definition) is 1. The summed E-state index contributed by atoms with van der Waals surface area (Å²) in [5.74, 6) is 0.241. The molecule has 0 bridgehead atoms. The molecule has 0 aliphatic carbocycles. The molecule has 1 aliphatic heterocycles. The molecule has 2 aromatic heterocycles. The Labute approximate surface area is 125 Å². The van der Waals surface area contributed by atoms with Crippen LogP contribution in [0.1, 0.15) is 0 Å². The lowest BCUT2D eigenvalue weighted by atomic mass is 10.2. The third-order valence-corrected chi connectivity index (χ3v) is 4.44. The first-order valence-electron chi connectivity index (χ1n) is 6.78. The lowest BCUT2D eigenvalue weighted by Gasteiger charge is -2.25. The van der Waals surface area contributed by atoms with Crippen molar-refractivity contribution in [3.8, 4) is 17.0 Å². The van der Waals surface area contributed by atoms with Gasteiger partial charge in [0.1, 0.15) is 5.75 Å². The van der Waals surface area contributed by atoms with Crippen LogP contribution in [-0.4, -0.2) is 46.0 Å². The number of fused-ring (bicyclic) bond motifs is 1.